The van der Waals surface area contributed by atoms with Crippen LogP contribution in [0.4, 0.5) is 0 Å². The molecule has 5 heteroatoms. The van der Waals surface area contributed by atoms with E-state index in [0.717, 1.165) is 23.7 Å². The van der Waals surface area contributed by atoms with Gasteiger partial charge in [0.05, 0.1) is 5.25 Å². The molecule has 19 heavy (non-hydrogen) atoms. The van der Waals surface area contributed by atoms with Gasteiger partial charge in [-0.3, -0.25) is 0 Å². The van der Waals surface area contributed by atoms with E-state index < -0.39 is 10.0 Å². The van der Waals surface area contributed by atoms with Crippen molar-refractivity contribution < 1.29 is 8.42 Å². The van der Waals surface area contributed by atoms with Crippen LogP contribution in [-0.4, -0.2) is 19.7 Å². The first-order chi connectivity index (χ1) is 8.90. The van der Waals surface area contributed by atoms with Gasteiger partial charge in [0.1, 0.15) is 0 Å². The predicted molar refractivity (Wildman–Crippen MR) is 81.7 cm³/mol. The zero-order valence-electron chi connectivity index (χ0n) is 11.3. The molecule has 1 aromatic rings. The van der Waals surface area contributed by atoms with Crippen LogP contribution >= 0.6 is 15.9 Å². The molecule has 0 unspecified atom stereocenters. The molecule has 0 amide bonds. The first-order valence-electron chi connectivity index (χ1n) is 6.67. The highest BCUT2D eigenvalue weighted by molar-refractivity contribution is 9.10. The number of benzene rings is 1. The van der Waals surface area contributed by atoms with Crippen LogP contribution in [0.5, 0.6) is 0 Å². The van der Waals surface area contributed by atoms with Crippen molar-refractivity contribution in [3.63, 3.8) is 0 Å². The first kappa shape index (κ1) is 15.0. The summed E-state index contributed by atoms with van der Waals surface area (Å²) < 4.78 is 27.9. The Balaban J connectivity index is 2.15. The largest absolute Gasteiger partial charge is 0.214 e. The van der Waals surface area contributed by atoms with Gasteiger partial charge < -0.3 is 0 Å². The number of hydrogen-bond donors (Lipinski definition) is 1. The van der Waals surface area contributed by atoms with Gasteiger partial charge in [-0.15, -0.1) is 0 Å². The lowest BCUT2D eigenvalue weighted by Crippen LogP contribution is -2.40. The topological polar surface area (TPSA) is 46.2 Å². The van der Waals surface area contributed by atoms with Crippen LogP contribution in [0, 0.1) is 0 Å². The lowest BCUT2D eigenvalue weighted by molar-refractivity contribution is 0.519. The lowest BCUT2D eigenvalue weighted by Gasteiger charge is -2.22. The molecular weight excluding hydrogens is 326 g/mol. The Labute approximate surface area is 124 Å². The standard InChI is InChI=1S/C14H20BrNO2S/c1-10(2)19(17,18)16-14-5-3-4-13(14)11-6-8-12(15)9-7-11/h6-10,13-14,16H,3-5H2,1-2H3/t13-,14-/m1/s1. The average molecular weight is 346 g/mol. The molecule has 2 rings (SSSR count). The summed E-state index contributed by atoms with van der Waals surface area (Å²) in [6, 6.07) is 8.23. The van der Waals surface area contributed by atoms with Gasteiger partial charge in [0.15, 0.2) is 0 Å². The SMILES string of the molecule is CC(C)S(=O)(=O)N[C@@H]1CCC[C@@H]1c1ccc(Br)cc1. The molecule has 0 bridgehead atoms. The van der Waals surface area contributed by atoms with Crippen molar-refractivity contribution >= 4 is 26.0 Å². The second-order valence-electron chi connectivity index (χ2n) is 5.41. The van der Waals surface area contributed by atoms with Gasteiger partial charge in [0.2, 0.25) is 10.0 Å². The molecule has 0 aliphatic heterocycles. The minimum absolute atomic E-state index is 0.0357. The summed E-state index contributed by atoms with van der Waals surface area (Å²) in [6.45, 7) is 3.43. The van der Waals surface area contributed by atoms with E-state index in [1.54, 1.807) is 13.8 Å². The summed E-state index contributed by atoms with van der Waals surface area (Å²) in [7, 11) is -3.19. The summed E-state index contributed by atoms with van der Waals surface area (Å²) in [5.74, 6) is 0.293. The van der Waals surface area contributed by atoms with Crippen molar-refractivity contribution in [3.05, 3.63) is 34.3 Å². The van der Waals surface area contributed by atoms with Gasteiger partial charge in [-0.05, 0) is 44.4 Å². The predicted octanol–water partition coefficient (Wildman–Crippen LogP) is 3.41. The van der Waals surface area contributed by atoms with Gasteiger partial charge in [-0.2, -0.15) is 0 Å². The molecule has 0 saturated heterocycles. The van der Waals surface area contributed by atoms with Crippen molar-refractivity contribution in [1.82, 2.24) is 4.72 Å². The van der Waals surface area contributed by atoms with Gasteiger partial charge in [-0.25, -0.2) is 13.1 Å². The Kier molecular flexibility index (Phi) is 4.69. The molecule has 1 aliphatic rings. The Hall–Kier alpha value is -0.390. The Morgan fingerprint density at radius 1 is 1.21 bits per heavy atom. The second kappa shape index (κ2) is 5.94. The van der Waals surface area contributed by atoms with Crippen LogP contribution in [0.2, 0.25) is 0 Å². The van der Waals surface area contributed by atoms with Crippen LogP contribution in [0.25, 0.3) is 0 Å². The van der Waals surface area contributed by atoms with E-state index in [-0.39, 0.29) is 11.3 Å². The van der Waals surface area contributed by atoms with E-state index in [2.05, 4.69) is 32.8 Å². The van der Waals surface area contributed by atoms with Crippen molar-refractivity contribution in [1.29, 1.82) is 0 Å². The molecule has 1 N–H and O–H groups in total. The quantitative estimate of drug-likeness (QED) is 0.908. The molecule has 1 saturated carbocycles. The highest BCUT2D eigenvalue weighted by Crippen LogP contribution is 2.35. The molecular formula is C14H20BrNO2S. The highest BCUT2D eigenvalue weighted by Gasteiger charge is 2.32. The summed E-state index contributed by atoms with van der Waals surface area (Å²) in [5.41, 5.74) is 1.22. The minimum Gasteiger partial charge on any atom is -0.212 e. The number of sulfonamides is 1. The molecule has 1 fully saturated rings. The molecule has 1 aromatic carbocycles. The molecule has 0 spiro atoms. The summed E-state index contributed by atoms with van der Waals surface area (Å²) >= 11 is 3.43. The second-order valence-corrected chi connectivity index (χ2v) is 8.59. The number of rotatable bonds is 4. The number of nitrogens with one attached hydrogen (secondary N) is 1. The van der Waals surface area contributed by atoms with Crippen molar-refractivity contribution in [2.75, 3.05) is 0 Å². The molecule has 0 aromatic heterocycles. The lowest BCUT2D eigenvalue weighted by atomic mass is 9.95. The smallest absolute Gasteiger partial charge is 0.212 e. The fraction of sp³-hybridized carbons (Fsp3) is 0.571. The van der Waals surface area contributed by atoms with E-state index in [0.29, 0.717) is 5.92 Å². The zero-order valence-corrected chi connectivity index (χ0v) is 13.7. The monoisotopic (exact) mass is 345 g/mol. The van der Waals surface area contributed by atoms with E-state index in [1.165, 1.54) is 5.56 Å². The average Bonchev–Trinajstić information content (AvgIpc) is 2.77. The first-order valence-corrected chi connectivity index (χ1v) is 9.00. The number of halogens is 1. The van der Waals surface area contributed by atoms with Gasteiger partial charge in [0.25, 0.3) is 0 Å². The minimum atomic E-state index is -3.19. The molecule has 0 radical (unpaired) electrons. The van der Waals surface area contributed by atoms with Crippen molar-refractivity contribution in [2.45, 2.75) is 50.3 Å². The Morgan fingerprint density at radius 3 is 2.42 bits per heavy atom. The molecule has 1 aliphatic carbocycles. The third kappa shape index (κ3) is 3.58. The van der Waals surface area contributed by atoms with Crippen molar-refractivity contribution in [3.8, 4) is 0 Å². The molecule has 2 atom stereocenters. The summed E-state index contributed by atoms with van der Waals surface area (Å²) in [4.78, 5) is 0. The molecule has 0 heterocycles. The van der Waals surface area contributed by atoms with Crippen LogP contribution < -0.4 is 4.72 Å². The van der Waals surface area contributed by atoms with Crippen LogP contribution in [0.1, 0.15) is 44.6 Å². The Morgan fingerprint density at radius 2 is 1.84 bits per heavy atom. The zero-order chi connectivity index (χ0) is 14.0. The van der Waals surface area contributed by atoms with Crippen LogP contribution in [-0.2, 0) is 10.0 Å². The maximum atomic E-state index is 12.0. The maximum Gasteiger partial charge on any atom is 0.214 e. The normalized spacial score (nSPS) is 24.0. The fourth-order valence-corrected chi connectivity index (χ4v) is 3.80. The van der Waals surface area contributed by atoms with E-state index >= 15 is 0 Å². The Bertz CT molecular complexity index is 525. The number of hydrogen-bond acceptors (Lipinski definition) is 2. The maximum absolute atomic E-state index is 12.0. The van der Waals surface area contributed by atoms with E-state index in [1.807, 2.05) is 12.1 Å². The van der Waals surface area contributed by atoms with E-state index in [4.69, 9.17) is 0 Å². The molecule has 3 nitrogen and oxygen atoms in total. The van der Waals surface area contributed by atoms with Crippen molar-refractivity contribution in [2.24, 2.45) is 0 Å². The van der Waals surface area contributed by atoms with E-state index in [9.17, 15) is 8.42 Å². The third-order valence-corrected chi connectivity index (χ3v) is 6.15. The summed E-state index contributed by atoms with van der Waals surface area (Å²) in [5, 5.41) is -0.376. The highest BCUT2D eigenvalue weighted by atomic mass is 79.9. The van der Waals surface area contributed by atoms with Gasteiger partial charge in [0, 0.05) is 16.4 Å². The summed E-state index contributed by atoms with van der Waals surface area (Å²) in [6.07, 6.45) is 3.05. The van der Waals surface area contributed by atoms with Gasteiger partial charge in [-0.1, -0.05) is 34.5 Å². The fourth-order valence-electron chi connectivity index (χ4n) is 2.56. The van der Waals surface area contributed by atoms with Crippen LogP contribution in [0.15, 0.2) is 28.7 Å². The van der Waals surface area contributed by atoms with Crippen LogP contribution in [0.3, 0.4) is 0 Å². The van der Waals surface area contributed by atoms with Gasteiger partial charge >= 0.3 is 0 Å². The molecule has 106 valence electrons. The third-order valence-electron chi connectivity index (χ3n) is 3.75.